The van der Waals surface area contributed by atoms with Crippen molar-refractivity contribution in [2.45, 2.75) is 5.60 Å². The van der Waals surface area contributed by atoms with Crippen LogP contribution < -0.4 is 11.5 Å². The van der Waals surface area contributed by atoms with E-state index in [4.69, 9.17) is 11.5 Å². The van der Waals surface area contributed by atoms with E-state index in [2.05, 4.69) is 20.2 Å². The molecular weight excluding hydrogens is 344 g/mol. The maximum atomic E-state index is 12.2. The number of anilines is 1. The molecule has 0 spiro atoms. The molecule has 2 heterocycles. The van der Waals surface area contributed by atoms with Crippen LogP contribution in [0.5, 0.6) is 0 Å². The number of hydrogen-bond donors (Lipinski definition) is 4. The Labute approximate surface area is 153 Å². The summed E-state index contributed by atoms with van der Waals surface area (Å²) in [5, 5.41) is 18.8. The number of nitrogens with two attached hydrogens (primary N) is 2. The lowest BCUT2D eigenvalue weighted by atomic mass is 9.84. The van der Waals surface area contributed by atoms with E-state index in [1.165, 1.54) is 6.33 Å². The first-order valence-corrected chi connectivity index (χ1v) is 8.15. The van der Waals surface area contributed by atoms with Crippen LogP contribution in [0, 0.1) is 0 Å². The Morgan fingerprint density at radius 2 is 1.78 bits per heavy atom. The molecule has 0 aliphatic carbocycles. The minimum Gasteiger partial charge on any atom is -0.383 e. The molecule has 0 fully saturated rings. The van der Waals surface area contributed by atoms with Crippen LogP contribution in [-0.2, 0) is 10.4 Å². The van der Waals surface area contributed by atoms with Gasteiger partial charge in [0, 0.05) is 5.56 Å². The fourth-order valence-corrected chi connectivity index (χ4v) is 3.12. The molecule has 0 saturated heterocycles. The second-order valence-corrected chi connectivity index (χ2v) is 6.08. The highest BCUT2D eigenvalue weighted by Gasteiger charge is 2.38. The number of nitrogen functional groups attached to an aromatic ring is 1. The van der Waals surface area contributed by atoms with E-state index in [1.54, 1.807) is 54.6 Å². The number of nitrogens with zero attached hydrogens (tertiary/aromatic N) is 3. The third-order valence-electron chi connectivity index (χ3n) is 4.50. The lowest BCUT2D eigenvalue weighted by Gasteiger charge is -2.26. The van der Waals surface area contributed by atoms with Crippen molar-refractivity contribution >= 4 is 22.8 Å². The molecule has 27 heavy (non-hydrogen) atoms. The number of aromatic amines is 1. The molecule has 1 atom stereocenters. The first kappa shape index (κ1) is 16.7. The van der Waals surface area contributed by atoms with Crippen molar-refractivity contribution in [3.05, 3.63) is 72.1 Å². The molecule has 4 rings (SSSR count). The quantitative estimate of drug-likeness (QED) is 0.432. The number of amides is 1. The fourth-order valence-electron chi connectivity index (χ4n) is 3.12. The Bertz CT molecular complexity index is 1140. The van der Waals surface area contributed by atoms with Crippen LogP contribution in [0.25, 0.3) is 22.3 Å². The molecule has 4 aromatic rings. The molecule has 0 saturated carbocycles. The van der Waals surface area contributed by atoms with Crippen molar-refractivity contribution in [3.8, 4) is 11.3 Å². The molecule has 2 aromatic heterocycles. The van der Waals surface area contributed by atoms with Crippen molar-refractivity contribution in [3.63, 3.8) is 0 Å². The molecule has 6 N–H and O–H groups in total. The van der Waals surface area contributed by atoms with Crippen molar-refractivity contribution in [2.75, 3.05) is 5.73 Å². The van der Waals surface area contributed by atoms with Gasteiger partial charge >= 0.3 is 0 Å². The second kappa shape index (κ2) is 6.19. The smallest absolute Gasteiger partial charge is 0.258 e. The van der Waals surface area contributed by atoms with Gasteiger partial charge in [0.1, 0.15) is 12.1 Å². The predicted octanol–water partition coefficient (Wildman–Crippen LogP) is 1.32. The summed E-state index contributed by atoms with van der Waals surface area (Å²) in [6.45, 7) is 0. The second-order valence-electron chi connectivity index (χ2n) is 6.08. The van der Waals surface area contributed by atoms with Crippen molar-refractivity contribution in [2.24, 2.45) is 5.73 Å². The number of H-pyrrole nitrogens is 1. The molecule has 1 unspecified atom stereocenters. The van der Waals surface area contributed by atoms with Crippen LogP contribution in [0.1, 0.15) is 11.1 Å². The van der Waals surface area contributed by atoms with Crippen LogP contribution in [0.3, 0.4) is 0 Å². The van der Waals surface area contributed by atoms with E-state index in [1.807, 2.05) is 0 Å². The van der Waals surface area contributed by atoms with E-state index < -0.39 is 11.5 Å². The summed E-state index contributed by atoms with van der Waals surface area (Å²) in [6, 6.07) is 15.4. The van der Waals surface area contributed by atoms with Gasteiger partial charge in [-0.2, -0.15) is 5.10 Å². The highest BCUT2D eigenvalue weighted by Crippen LogP contribution is 2.34. The van der Waals surface area contributed by atoms with Gasteiger partial charge in [-0.15, -0.1) is 0 Å². The minimum atomic E-state index is -1.98. The van der Waals surface area contributed by atoms with Gasteiger partial charge in [0.15, 0.2) is 11.2 Å². The summed E-state index contributed by atoms with van der Waals surface area (Å²) < 4.78 is 0. The van der Waals surface area contributed by atoms with Gasteiger partial charge in [-0.1, -0.05) is 48.5 Å². The zero-order valence-electron chi connectivity index (χ0n) is 14.1. The molecule has 0 aliphatic rings. The third-order valence-corrected chi connectivity index (χ3v) is 4.50. The summed E-state index contributed by atoms with van der Waals surface area (Å²) >= 11 is 0. The van der Waals surface area contributed by atoms with Crippen molar-refractivity contribution < 1.29 is 9.90 Å². The number of rotatable bonds is 4. The number of fused-ring (bicyclic) bond motifs is 1. The number of primary amides is 1. The zero-order chi connectivity index (χ0) is 19.0. The summed E-state index contributed by atoms with van der Waals surface area (Å²) in [6.07, 6.45) is 1.33. The monoisotopic (exact) mass is 360 g/mol. The lowest BCUT2D eigenvalue weighted by Crippen LogP contribution is -2.42. The molecule has 8 nitrogen and oxygen atoms in total. The van der Waals surface area contributed by atoms with E-state index >= 15 is 0 Å². The molecular formula is C19H16N6O2. The number of aromatic nitrogens is 4. The molecule has 134 valence electrons. The van der Waals surface area contributed by atoms with Crippen molar-refractivity contribution in [1.82, 2.24) is 20.2 Å². The van der Waals surface area contributed by atoms with Gasteiger partial charge in [-0.3, -0.25) is 9.89 Å². The van der Waals surface area contributed by atoms with E-state index in [-0.39, 0.29) is 5.82 Å². The summed E-state index contributed by atoms with van der Waals surface area (Å²) in [5.74, 6) is -0.592. The molecule has 8 heteroatoms. The molecule has 2 aromatic carbocycles. The topological polar surface area (TPSA) is 144 Å². The first-order chi connectivity index (χ1) is 13.0. The molecule has 0 aliphatic heterocycles. The van der Waals surface area contributed by atoms with Gasteiger partial charge in [-0.25, -0.2) is 9.97 Å². The van der Waals surface area contributed by atoms with Gasteiger partial charge < -0.3 is 16.6 Å². The van der Waals surface area contributed by atoms with Crippen LogP contribution in [-0.4, -0.2) is 31.2 Å². The lowest BCUT2D eigenvalue weighted by molar-refractivity contribution is -0.133. The number of aliphatic hydroxyl groups is 1. The number of benzene rings is 2. The van der Waals surface area contributed by atoms with Gasteiger partial charge in [-0.05, 0) is 17.2 Å². The largest absolute Gasteiger partial charge is 0.383 e. The van der Waals surface area contributed by atoms with E-state index in [0.717, 1.165) is 0 Å². The number of nitrogens with one attached hydrogen (secondary N) is 1. The van der Waals surface area contributed by atoms with Gasteiger partial charge in [0.25, 0.3) is 5.91 Å². The fraction of sp³-hybridized carbons (Fsp3) is 0.0526. The molecule has 0 radical (unpaired) electrons. The van der Waals surface area contributed by atoms with Crippen LogP contribution in [0.15, 0.2) is 60.9 Å². The maximum Gasteiger partial charge on any atom is 0.258 e. The summed E-state index contributed by atoms with van der Waals surface area (Å²) in [4.78, 5) is 20.3. The number of hydrogen-bond acceptors (Lipinski definition) is 6. The Balaban J connectivity index is 1.90. The van der Waals surface area contributed by atoms with Crippen LogP contribution in [0.2, 0.25) is 0 Å². The SMILES string of the molecule is NC(=O)C(O)(c1ccccc1)c1cccc(-c2[nH]nc3ncnc(N)c23)c1. The number of carbonyl (C=O) groups excluding carboxylic acids is 1. The van der Waals surface area contributed by atoms with Crippen molar-refractivity contribution in [1.29, 1.82) is 0 Å². The maximum absolute atomic E-state index is 12.2. The average Bonchev–Trinajstić information content (AvgIpc) is 3.13. The predicted molar refractivity (Wildman–Crippen MR) is 100 cm³/mol. The highest BCUT2D eigenvalue weighted by atomic mass is 16.3. The highest BCUT2D eigenvalue weighted by molar-refractivity contribution is 5.98. The van der Waals surface area contributed by atoms with Gasteiger partial charge in [0.2, 0.25) is 0 Å². The summed E-state index contributed by atoms with van der Waals surface area (Å²) in [5.41, 5.74) is 11.9. The van der Waals surface area contributed by atoms with Crippen LogP contribution in [0.4, 0.5) is 5.82 Å². The number of carbonyl (C=O) groups is 1. The average molecular weight is 360 g/mol. The van der Waals surface area contributed by atoms with E-state index in [9.17, 15) is 9.90 Å². The standard InChI is InChI=1S/C19H16N6O2/c20-16-14-15(24-25-17(14)23-10-22-16)11-5-4-8-13(9-11)19(27,18(21)26)12-6-2-1-3-7-12/h1-10,27H,(H2,21,26)(H3,20,22,23,24,25). The zero-order valence-corrected chi connectivity index (χ0v) is 14.1. The first-order valence-electron chi connectivity index (χ1n) is 8.15. The summed E-state index contributed by atoms with van der Waals surface area (Å²) in [7, 11) is 0. The van der Waals surface area contributed by atoms with Gasteiger partial charge in [0.05, 0.1) is 11.1 Å². The molecule has 0 bridgehead atoms. The van der Waals surface area contributed by atoms with E-state index in [0.29, 0.717) is 33.4 Å². The molecule has 1 amide bonds. The van der Waals surface area contributed by atoms with Crippen LogP contribution >= 0.6 is 0 Å². The Morgan fingerprint density at radius 3 is 2.52 bits per heavy atom. The minimum absolute atomic E-state index is 0.280. The third kappa shape index (κ3) is 2.59. The Morgan fingerprint density at radius 1 is 1.04 bits per heavy atom. The normalized spacial score (nSPS) is 13.4. The Kier molecular flexibility index (Phi) is 3.82. The Hall–Kier alpha value is -3.78.